The van der Waals surface area contributed by atoms with Crippen LogP contribution in [0.1, 0.15) is 30.5 Å². The first-order chi connectivity index (χ1) is 12.4. The minimum atomic E-state index is -2.87. The number of nitrogens with zero attached hydrogens (tertiary/aromatic N) is 1. The molecular weight excluding hydrogens is 345 g/mol. The van der Waals surface area contributed by atoms with Gasteiger partial charge in [0.15, 0.2) is 11.5 Å². The average molecular weight is 362 g/mol. The average Bonchev–Trinajstić information content (AvgIpc) is 2.61. The highest BCUT2D eigenvalue weighted by Gasteiger charge is 2.19. The molecule has 0 spiro atoms. The van der Waals surface area contributed by atoms with E-state index in [1.807, 2.05) is 0 Å². The van der Waals surface area contributed by atoms with E-state index in [0.29, 0.717) is 16.7 Å². The van der Waals surface area contributed by atoms with Gasteiger partial charge >= 0.3 is 0 Å². The molecule has 0 radical (unpaired) electrons. The van der Waals surface area contributed by atoms with Gasteiger partial charge in [0, 0.05) is 17.0 Å². The number of rotatable bonds is 5. The van der Waals surface area contributed by atoms with Gasteiger partial charge in [0.1, 0.15) is 11.6 Å². The summed E-state index contributed by atoms with van der Waals surface area (Å²) >= 11 is 0. The zero-order valence-electron chi connectivity index (χ0n) is 14.1. The molecule has 136 valence electrons. The molecule has 4 nitrogen and oxygen atoms in total. The smallest absolute Gasteiger partial charge is 0.266 e. The third-order valence-electron chi connectivity index (χ3n) is 4.11. The van der Waals surface area contributed by atoms with Crippen LogP contribution in [0.4, 0.5) is 19.0 Å². The molecule has 26 heavy (non-hydrogen) atoms. The Balaban J connectivity index is 1.91. The molecule has 1 atom stereocenters. The van der Waals surface area contributed by atoms with Gasteiger partial charge in [-0.2, -0.15) is 0 Å². The fourth-order valence-electron chi connectivity index (χ4n) is 2.75. The van der Waals surface area contributed by atoms with E-state index in [0.717, 1.165) is 6.07 Å². The summed E-state index contributed by atoms with van der Waals surface area (Å²) in [4.78, 5) is 4.40. The van der Waals surface area contributed by atoms with Gasteiger partial charge in [-0.1, -0.05) is 18.2 Å². The van der Waals surface area contributed by atoms with Gasteiger partial charge < -0.3 is 15.2 Å². The van der Waals surface area contributed by atoms with Crippen molar-refractivity contribution in [1.29, 1.82) is 0 Å². The number of methoxy groups -OCH3 is 1. The Morgan fingerprint density at radius 3 is 2.54 bits per heavy atom. The maximum Gasteiger partial charge on any atom is 0.266 e. The third kappa shape index (κ3) is 3.37. The maximum absolute atomic E-state index is 14.3. The van der Waals surface area contributed by atoms with E-state index < -0.39 is 23.8 Å². The van der Waals surface area contributed by atoms with E-state index in [1.54, 1.807) is 25.1 Å². The predicted octanol–water partition coefficient (Wildman–Crippen LogP) is 5.20. The van der Waals surface area contributed by atoms with Crippen LogP contribution >= 0.6 is 0 Å². The van der Waals surface area contributed by atoms with Crippen molar-refractivity contribution in [2.45, 2.75) is 19.4 Å². The van der Waals surface area contributed by atoms with Crippen molar-refractivity contribution in [2.24, 2.45) is 0 Å². The Bertz CT molecular complexity index is 947. The molecule has 2 N–H and O–H groups in total. The SMILES string of the molecule is COc1cc2nc(NC(C)c3cccc(C(F)F)c3F)ccc2cc1O. The second kappa shape index (κ2) is 7.11. The molecule has 1 unspecified atom stereocenters. The Labute approximate surface area is 148 Å². The standard InChI is InChI=1S/C19H17F3N2O2/c1-10(12-4-3-5-13(18(12)20)19(21)22)23-17-7-6-11-8-15(25)16(26-2)9-14(11)24-17/h3-10,19,25H,1-2H3,(H,23,24). The lowest BCUT2D eigenvalue weighted by Gasteiger charge is -2.17. The van der Waals surface area contributed by atoms with Crippen LogP contribution in [-0.4, -0.2) is 17.2 Å². The van der Waals surface area contributed by atoms with Crippen LogP contribution in [0.15, 0.2) is 42.5 Å². The number of benzene rings is 2. The predicted molar refractivity (Wildman–Crippen MR) is 93.4 cm³/mol. The van der Waals surface area contributed by atoms with Gasteiger partial charge in [0.25, 0.3) is 6.43 Å². The van der Waals surface area contributed by atoms with Crippen LogP contribution in [0.3, 0.4) is 0 Å². The lowest BCUT2D eigenvalue weighted by Crippen LogP contribution is -2.11. The number of hydrogen-bond acceptors (Lipinski definition) is 4. The van der Waals surface area contributed by atoms with Crippen molar-refractivity contribution in [3.05, 3.63) is 59.4 Å². The molecule has 0 aliphatic heterocycles. The molecule has 0 saturated carbocycles. The first-order valence-corrected chi connectivity index (χ1v) is 7.91. The van der Waals surface area contributed by atoms with Gasteiger partial charge in [0.05, 0.1) is 24.2 Å². The van der Waals surface area contributed by atoms with Crippen LogP contribution in [0, 0.1) is 5.82 Å². The van der Waals surface area contributed by atoms with E-state index in [2.05, 4.69) is 10.3 Å². The monoisotopic (exact) mass is 362 g/mol. The van der Waals surface area contributed by atoms with Crippen molar-refractivity contribution in [3.63, 3.8) is 0 Å². The topological polar surface area (TPSA) is 54.4 Å². The summed E-state index contributed by atoms with van der Waals surface area (Å²) in [5.41, 5.74) is 0.0782. The van der Waals surface area contributed by atoms with E-state index in [4.69, 9.17) is 4.74 Å². The number of nitrogens with one attached hydrogen (secondary N) is 1. The fourth-order valence-corrected chi connectivity index (χ4v) is 2.75. The van der Waals surface area contributed by atoms with Crippen molar-refractivity contribution in [2.75, 3.05) is 12.4 Å². The van der Waals surface area contributed by atoms with Crippen molar-refractivity contribution >= 4 is 16.7 Å². The van der Waals surface area contributed by atoms with Crippen LogP contribution < -0.4 is 10.1 Å². The summed E-state index contributed by atoms with van der Waals surface area (Å²) in [5, 5.41) is 13.5. The highest BCUT2D eigenvalue weighted by molar-refractivity contribution is 5.84. The van der Waals surface area contributed by atoms with Crippen LogP contribution in [-0.2, 0) is 0 Å². The van der Waals surface area contributed by atoms with Crippen molar-refractivity contribution in [1.82, 2.24) is 4.98 Å². The molecule has 0 aliphatic carbocycles. The Morgan fingerprint density at radius 1 is 1.12 bits per heavy atom. The summed E-state index contributed by atoms with van der Waals surface area (Å²) in [5.74, 6) is -0.192. The number of alkyl halides is 2. The zero-order valence-corrected chi connectivity index (χ0v) is 14.1. The number of phenols is 1. The summed E-state index contributed by atoms with van der Waals surface area (Å²) in [6, 6.07) is 9.88. The summed E-state index contributed by atoms with van der Waals surface area (Å²) in [6.07, 6.45) is -2.87. The van der Waals surface area contributed by atoms with Crippen LogP contribution in [0.5, 0.6) is 11.5 Å². The third-order valence-corrected chi connectivity index (χ3v) is 4.11. The number of aromatic nitrogens is 1. The molecule has 2 aromatic carbocycles. The molecule has 1 aromatic heterocycles. The van der Waals surface area contributed by atoms with Crippen molar-refractivity contribution < 1.29 is 23.0 Å². The maximum atomic E-state index is 14.3. The summed E-state index contributed by atoms with van der Waals surface area (Å²) < 4.78 is 45.1. The highest BCUT2D eigenvalue weighted by atomic mass is 19.3. The second-order valence-corrected chi connectivity index (χ2v) is 5.83. The van der Waals surface area contributed by atoms with Crippen molar-refractivity contribution in [3.8, 4) is 11.5 Å². The molecule has 0 bridgehead atoms. The number of pyridine rings is 1. The summed E-state index contributed by atoms with van der Waals surface area (Å²) in [6.45, 7) is 1.66. The largest absolute Gasteiger partial charge is 0.504 e. The molecule has 1 heterocycles. The van der Waals surface area contributed by atoms with Crippen LogP contribution in [0.2, 0.25) is 0 Å². The number of aromatic hydroxyl groups is 1. The van der Waals surface area contributed by atoms with E-state index in [1.165, 1.54) is 25.3 Å². The number of ether oxygens (including phenoxy) is 1. The Morgan fingerprint density at radius 2 is 1.85 bits per heavy atom. The number of hydrogen-bond donors (Lipinski definition) is 2. The molecule has 3 rings (SSSR count). The first-order valence-electron chi connectivity index (χ1n) is 7.91. The van der Waals surface area contributed by atoms with Gasteiger partial charge in [-0.05, 0) is 25.1 Å². The van der Waals surface area contributed by atoms with E-state index in [-0.39, 0.29) is 17.1 Å². The fraction of sp³-hybridized carbons (Fsp3) is 0.211. The molecule has 0 aliphatic rings. The van der Waals surface area contributed by atoms with Crippen LogP contribution in [0.25, 0.3) is 10.9 Å². The Kier molecular flexibility index (Phi) is 4.88. The van der Waals surface area contributed by atoms with Gasteiger partial charge in [-0.3, -0.25) is 0 Å². The number of halogens is 3. The number of anilines is 1. The number of fused-ring (bicyclic) bond motifs is 1. The second-order valence-electron chi connectivity index (χ2n) is 5.83. The van der Waals surface area contributed by atoms with Gasteiger partial charge in [0.2, 0.25) is 0 Å². The normalized spacial score (nSPS) is 12.4. The van der Waals surface area contributed by atoms with Gasteiger partial charge in [-0.15, -0.1) is 0 Å². The lowest BCUT2D eigenvalue weighted by atomic mass is 10.0. The minimum absolute atomic E-state index is 0.00163. The Hall–Kier alpha value is -2.96. The first kappa shape index (κ1) is 17.8. The molecular formula is C19H17F3N2O2. The van der Waals surface area contributed by atoms with E-state index >= 15 is 0 Å². The van der Waals surface area contributed by atoms with E-state index in [9.17, 15) is 18.3 Å². The molecule has 0 fully saturated rings. The molecule has 0 amide bonds. The number of phenolic OH excluding ortho intramolecular Hbond substituents is 1. The quantitative estimate of drug-likeness (QED) is 0.655. The lowest BCUT2D eigenvalue weighted by molar-refractivity contribution is 0.146. The minimum Gasteiger partial charge on any atom is -0.504 e. The zero-order chi connectivity index (χ0) is 18.8. The molecule has 0 saturated heterocycles. The molecule has 7 heteroatoms. The highest BCUT2D eigenvalue weighted by Crippen LogP contribution is 2.32. The molecule has 3 aromatic rings. The van der Waals surface area contributed by atoms with Gasteiger partial charge in [-0.25, -0.2) is 18.2 Å². The summed E-state index contributed by atoms with van der Waals surface area (Å²) in [7, 11) is 1.43.